The summed E-state index contributed by atoms with van der Waals surface area (Å²) in [5.41, 5.74) is 0. The first-order chi connectivity index (χ1) is 13.9. The van der Waals surface area contributed by atoms with Crippen LogP contribution in [0.1, 0.15) is 35.6 Å². The van der Waals surface area contributed by atoms with Gasteiger partial charge >= 0.3 is 0 Å². The fraction of sp³-hybridized carbons (Fsp3) is 0.400. The number of para-hydroxylation sites is 1. The molecule has 1 N–H and O–H groups in total. The van der Waals surface area contributed by atoms with Crippen molar-refractivity contribution in [3.63, 3.8) is 0 Å². The van der Waals surface area contributed by atoms with E-state index in [9.17, 15) is 18.0 Å². The Bertz CT molecular complexity index is 982. The van der Waals surface area contributed by atoms with Crippen LogP contribution in [0.15, 0.2) is 45.7 Å². The average molecular weight is 420 g/mol. The Morgan fingerprint density at radius 3 is 2.76 bits per heavy atom. The van der Waals surface area contributed by atoms with Crippen LogP contribution >= 0.6 is 0 Å². The van der Waals surface area contributed by atoms with Crippen molar-refractivity contribution in [3.05, 3.63) is 47.9 Å². The Morgan fingerprint density at radius 1 is 1.24 bits per heavy atom. The second-order valence-corrected chi connectivity index (χ2v) is 8.73. The van der Waals surface area contributed by atoms with Gasteiger partial charge in [-0.2, -0.15) is 0 Å². The predicted molar refractivity (Wildman–Crippen MR) is 105 cm³/mol. The van der Waals surface area contributed by atoms with Gasteiger partial charge in [0, 0.05) is 26.1 Å². The summed E-state index contributed by atoms with van der Waals surface area (Å²) in [7, 11) is -2.29. The Hall–Kier alpha value is -2.81. The number of nitrogens with zero attached hydrogens (tertiary/aromatic N) is 1. The Kier molecular flexibility index (Phi) is 6.58. The van der Waals surface area contributed by atoms with Crippen LogP contribution in [0, 0.1) is 0 Å². The lowest BCUT2D eigenvalue weighted by Gasteiger charge is -2.14. The molecule has 1 saturated heterocycles. The van der Waals surface area contributed by atoms with Gasteiger partial charge in [-0.1, -0.05) is 12.1 Å². The standard InChI is InChI=1S/C20H24N2O6S/c1-27-16-6-2-3-7-18(16)29(25,26)14-15-9-10-17(28-15)20(24)21-11-5-13-22-12-4-8-19(22)23/h2-3,6-7,9-10H,4-5,8,11-14H2,1H3,(H,21,24). The number of nitrogens with one attached hydrogen (secondary N) is 1. The van der Waals surface area contributed by atoms with E-state index >= 15 is 0 Å². The Labute approximate surface area is 169 Å². The first-order valence-electron chi connectivity index (χ1n) is 9.41. The lowest BCUT2D eigenvalue weighted by Crippen LogP contribution is -2.30. The average Bonchev–Trinajstić information content (AvgIpc) is 3.33. The van der Waals surface area contributed by atoms with E-state index in [2.05, 4.69) is 5.32 Å². The topological polar surface area (TPSA) is 106 Å². The number of likely N-dealkylation sites (tertiary alicyclic amines) is 1. The first-order valence-corrected chi connectivity index (χ1v) is 11.1. The molecule has 9 heteroatoms. The van der Waals surface area contributed by atoms with Gasteiger partial charge in [0.25, 0.3) is 5.91 Å². The van der Waals surface area contributed by atoms with E-state index in [1.165, 1.54) is 25.3 Å². The van der Waals surface area contributed by atoms with Gasteiger partial charge in [0.2, 0.25) is 5.91 Å². The summed E-state index contributed by atoms with van der Waals surface area (Å²) in [6.45, 7) is 1.78. The van der Waals surface area contributed by atoms with Crippen LogP contribution in [0.5, 0.6) is 5.75 Å². The summed E-state index contributed by atoms with van der Waals surface area (Å²) in [5, 5.41) is 2.72. The Morgan fingerprint density at radius 2 is 2.03 bits per heavy atom. The molecule has 1 fully saturated rings. The van der Waals surface area contributed by atoms with Crippen molar-refractivity contribution >= 4 is 21.7 Å². The van der Waals surface area contributed by atoms with E-state index in [1.807, 2.05) is 0 Å². The highest BCUT2D eigenvalue weighted by Crippen LogP contribution is 2.26. The van der Waals surface area contributed by atoms with E-state index in [0.29, 0.717) is 25.9 Å². The first kappa shape index (κ1) is 20.9. The van der Waals surface area contributed by atoms with Gasteiger partial charge in [-0.3, -0.25) is 9.59 Å². The molecule has 0 aliphatic carbocycles. The molecule has 0 atom stereocenters. The molecule has 0 saturated carbocycles. The normalized spacial score (nSPS) is 14.2. The third-order valence-corrected chi connectivity index (χ3v) is 6.36. The quantitative estimate of drug-likeness (QED) is 0.622. The molecule has 2 heterocycles. The highest BCUT2D eigenvalue weighted by Gasteiger charge is 2.23. The van der Waals surface area contributed by atoms with Gasteiger partial charge in [0.15, 0.2) is 15.6 Å². The van der Waals surface area contributed by atoms with Gasteiger partial charge in [-0.05, 0) is 37.1 Å². The largest absolute Gasteiger partial charge is 0.495 e. The number of rotatable bonds is 9. The summed E-state index contributed by atoms with van der Waals surface area (Å²) in [6.07, 6.45) is 2.13. The highest BCUT2D eigenvalue weighted by molar-refractivity contribution is 7.90. The maximum Gasteiger partial charge on any atom is 0.286 e. The van der Waals surface area contributed by atoms with Crippen molar-refractivity contribution in [2.24, 2.45) is 0 Å². The molecular weight excluding hydrogens is 396 g/mol. The molecule has 3 rings (SSSR count). The minimum absolute atomic E-state index is 0.0486. The summed E-state index contributed by atoms with van der Waals surface area (Å²) < 4.78 is 35.8. The summed E-state index contributed by atoms with van der Waals surface area (Å²) in [4.78, 5) is 25.6. The fourth-order valence-corrected chi connectivity index (χ4v) is 4.65. The monoisotopic (exact) mass is 420 g/mol. The molecule has 156 valence electrons. The number of hydrogen-bond donors (Lipinski definition) is 1. The van der Waals surface area contributed by atoms with Crippen LogP contribution < -0.4 is 10.1 Å². The third kappa shape index (κ3) is 5.17. The Balaban J connectivity index is 1.54. The molecule has 2 aromatic rings. The number of sulfone groups is 1. The summed E-state index contributed by atoms with van der Waals surface area (Å²) in [6, 6.07) is 9.27. The zero-order valence-electron chi connectivity index (χ0n) is 16.2. The van der Waals surface area contributed by atoms with Crippen molar-refractivity contribution in [3.8, 4) is 5.75 Å². The lowest BCUT2D eigenvalue weighted by atomic mass is 10.3. The lowest BCUT2D eigenvalue weighted by molar-refractivity contribution is -0.127. The fourth-order valence-electron chi connectivity index (χ4n) is 3.22. The van der Waals surface area contributed by atoms with Gasteiger partial charge in [-0.15, -0.1) is 0 Å². The molecule has 0 unspecified atom stereocenters. The van der Waals surface area contributed by atoms with Crippen LogP contribution in [0.4, 0.5) is 0 Å². The summed E-state index contributed by atoms with van der Waals surface area (Å²) >= 11 is 0. The minimum atomic E-state index is -3.69. The molecule has 1 aliphatic rings. The number of hydrogen-bond acceptors (Lipinski definition) is 6. The molecule has 1 aliphatic heterocycles. The SMILES string of the molecule is COc1ccccc1S(=O)(=O)Cc1ccc(C(=O)NCCCN2CCCC2=O)o1. The minimum Gasteiger partial charge on any atom is -0.495 e. The molecule has 1 aromatic heterocycles. The predicted octanol–water partition coefficient (Wildman–Crippen LogP) is 2.00. The smallest absolute Gasteiger partial charge is 0.286 e. The van der Waals surface area contributed by atoms with Crippen LogP contribution in [0.2, 0.25) is 0 Å². The van der Waals surface area contributed by atoms with E-state index in [4.69, 9.17) is 9.15 Å². The van der Waals surface area contributed by atoms with E-state index < -0.39 is 15.7 Å². The van der Waals surface area contributed by atoms with Crippen molar-refractivity contribution in [2.45, 2.75) is 29.9 Å². The number of amides is 2. The van der Waals surface area contributed by atoms with Crippen molar-refractivity contribution in [1.82, 2.24) is 10.2 Å². The highest BCUT2D eigenvalue weighted by atomic mass is 32.2. The molecule has 0 bridgehead atoms. The molecule has 2 amide bonds. The second-order valence-electron chi connectivity index (χ2n) is 6.77. The number of furan rings is 1. The number of methoxy groups -OCH3 is 1. The van der Waals surface area contributed by atoms with Gasteiger partial charge < -0.3 is 19.4 Å². The summed E-state index contributed by atoms with van der Waals surface area (Å²) in [5.74, 6) is -0.163. The maximum atomic E-state index is 12.7. The van der Waals surface area contributed by atoms with Crippen LogP contribution in [0.25, 0.3) is 0 Å². The van der Waals surface area contributed by atoms with Crippen molar-refractivity contribution < 1.29 is 27.2 Å². The van der Waals surface area contributed by atoms with Crippen molar-refractivity contribution in [2.75, 3.05) is 26.7 Å². The van der Waals surface area contributed by atoms with Crippen LogP contribution in [-0.2, 0) is 20.4 Å². The van der Waals surface area contributed by atoms with E-state index in [-0.39, 0.29) is 33.8 Å². The van der Waals surface area contributed by atoms with Crippen molar-refractivity contribution in [1.29, 1.82) is 0 Å². The van der Waals surface area contributed by atoms with Crippen LogP contribution in [-0.4, -0.2) is 51.9 Å². The van der Waals surface area contributed by atoms with Gasteiger partial charge in [0.1, 0.15) is 22.2 Å². The molecule has 0 radical (unpaired) electrons. The van der Waals surface area contributed by atoms with Gasteiger partial charge in [0.05, 0.1) is 7.11 Å². The van der Waals surface area contributed by atoms with Gasteiger partial charge in [-0.25, -0.2) is 8.42 Å². The maximum absolute atomic E-state index is 12.7. The van der Waals surface area contributed by atoms with Crippen LogP contribution in [0.3, 0.4) is 0 Å². The number of carbonyl (C=O) groups is 2. The molecule has 8 nitrogen and oxygen atoms in total. The molecule has 29 heavy (non-hydrogen) atoms. The molecule has 0 spiro atoms. The zero-order valence-corrected chi connectivity index (χ0v) is 17.0. The molecule has 1 aromatic carbocycles. The van der Waals surface area contributed by atoms with E-state index in [0.717, 1.165) is 13.0 Å². The third-order valence-electron chi connectivity index (χ3n) is 4.68. The zero-order chi connectivity index (χ0) is 20.9. The number of carbonyl (C=O) groups excluding carboxylic acids is 2. The molecular formula is C20H24N2O6S. The second kappa shape index (κ2) is 9.13. The number of benzene rings is 1. The number of ether oxygens (including phenoxy) is 1. The van der Waals surface area contributed by atoms with E-state index in [1.54, 1.807) is 23.1 Å².